The normalized spacial score (nSPS) is 10.8. The predicted molar refractivity (Wildman–Crippen MR) is 98.3 cm³/mol. The maximum absolute atomic E-state index is 9.20. The molecule has 0 aromatic heterocycles. The van der Waals surface area contributed by atoms with E-state index in [0.29, 0.717) is 12.5 Å². The van der Waals surface area contributed by atoms with Gasteiger partial charge in [0, 0.05) is 5.69 Å². The molecule has 112 valence electrons. The quantitative estimate of drug-likeness (QED) is 0.420. The topological polar surface area (TPSA) is 70.6 Å². The van der Waals surface area contributed by atoms with Crippen molar-refractivity contribution in [3.63, 3.8) is 0 Å². The number of aryl methyl sites for hydroxylation is 1. The van der Waals surface area contributed by atoms with Crippen LogP contribution >= 0.6 is 24.0 Å². The molecule has 0 fully saturated rings. The van der Waals surface area contributed by atoms with E-state index in [1.54, 1.807) is 12.1 Å². The summed E-state index contributed by atoms with van der Waals surface area (Å²) in [6, 6.07) is 15.0. The number of hydrogen-bond acceptors (Lipinski definition) is 2. The van der Waals surface area contributed by atoms with Gasteiger partial charge in [0.15, 0.2) is 5.96 Å². The van der Waals surface area contributed by atoms with Gasteiger partial charge < -0.3 is 16.2 Å². The summed E-state index contributed by atoms with van der Waals surface area (Å²) in [6.07, 6.45) is 1.02. The molecule has 0 saturated carbocycles. The van der Waals surface area contributed by atoms with Gasteiger partial charge >= 0.3 is 0 Å². The molecule has 0 radical (unpaired) electrons. The van der Waals surface area contributed by atoms with Crippen molar-refractivity contribution in [3.8, 4) is 5.75 Å². The highest BCUT2D eigenvalue weighted by Gasteiger charge is 1.96. The van der Waals surface area contributed by atoms with Crippen LogP contribution in [0.5, 0.6) is 5.75 Å². The van der Waals surface area contributed by atoms with Crippen LogP contribution in [-0.2, 0) is 13.0 Å². The Morgan fingerprint density at radius 2 is 1.62 bits per heavy atom. The van der Waals surface area contributed by atoms with Crippen LogP contribution in [0.25, 0.3) is 0 Å². The fourth-order valence-corrected chi connectivity index (χ4v) is 1.79. The number of phenolic OH excluding ortho intramolecular Hbond substituents is 1. The van der Waals surface area contributed by atoms with E-state index in [2.05, 4.69) is 29.4 Å². The van der Waals surface area contributed by atoms with Crippen LogP contribution in [0.4, 0.5) is 5.69 Å². The molecule has 21 heavy (non-hydrogen) atoms. The Labute approximate surface area is 142 Å². The smallest absolute Gasteiger partial charge is 0.193 e. The standard InChI is InChI=1S/C16H19N3O.HI/c1-2-12-3-7-14(8-4-12)19-16(17)18-11-13-5-9-15(20)10-6-13;/h3-10,20H,2,11H2,1H3,(H3,17,18,19);1H. The number of anilines is 1. The molecule has 0 amide bonds. The lowest BCUT2D eigenvalue weighted by Crippen LogP contribution is -2.22. The second kappa shape index (κ2) is 8.51. The number of phenols is 1. The first-order chi connectivity index (χ1) is 9.67. The molecule has 4 nitrogen and oxygen atoms in total. The van der Waals surface area contributed by atoms with Gasteiger partial charge in [-0.25, -0.2) is 4.99 Å². The monoisotopic (exact) mass is 397 g/mol. The third-order valence-electron chi connectivity index (χ3n) is 3.00. The van der Waals surface area contributed by atoms with Gasteiger partial charge in [0.05, 0.1) is 6.54 Å². The summed E-state index contributed by atoms with van der Waals surface area (Å²) in [5.41, 5.74) is 9.05. The Morgan fingerprint density at radius 1 is 1.05 bits per heavy atom. The van der Waals surface area contributed by atoms with Gasteiger partial charge in [-0.15, -0.1) is 24.0 Å². The number of benzene rings is 2. The first kappa shape index (κ1) is 17.3. The van der Waals surface area contributed by atoms with Crippen molar-refractivity contribution in [1.29, 1.82) is 0 Å². The summed E-state index contributed by atoms with van der Waals surface area (Å²) >= 11 is 0. The SMILES string of the molecule is CCc1ccc(NC(N)=NCc2ccc(O)cc2)cc1.I. The number of aliphatic imine (C=N–C) groups is 1. The number of halogens is 1. The molecule has 2 aromatic carbocycles. The number of aromatic hydroxyl groups is 1. The van der Waals surface area contributed by atoms with Crippen LogP contribution in [0.1, 0.15) is 18.1 Å². The minimum absolute atomic E-state index is 0. The maximum Gasteiger partial charge on any atom is 0.193 e. The number of nitrogens with zero attached hydrogens (tertiary/aromatic N) is 1. The third kappa shape index (κ3) is 5.63. The summed E-state index contributed by atoms with van der Waals surface area (Å²) < 4.78 is 0. The van der Waals surface area contributed by atoms with Crippen molar-refractivity contribution in [1.82, 2.24) is 0 Å². The van der Waals surface area contributed by atoms with E-state index >= 15 is 0 Å². The van der Waals surface area contributed by atoms with E-state index in [-0.39, 0.29) is 29.7 Å². The molecule has 0 spiro atoms. The molecular weight excluding hydrogens is 377 g/mol. The zero-order chi connectivity index (χ0) is 14.4. The number of guanidine groups is 1. The van der Waals surface area contributed by atoms with E-state index in [9.17, 15) is 5.11 Å². The average molecular weight is 397 g/mol. The fraction of sp³-hybridized carbons (Fsp3) is 0.188. The Balaban J connectivity index is 0.00000220. The minimum Gasteiger partial charge on any atom is -0.508 e. The van der Waals surface area contributed by atoms with E-state index in [1.165, 1.54) is 5.56 Å². The lowest BCUT2D eigenvalue weighted by molar-refractivity contribution is 0.475. The van der Waals surface area contributed by atoms with Crippen molar-refractivity contribution in [2.24, 2.45) is 10.7 Å². The van der Waals surface area contributed by atoms with Crippen molar-refractivity contribution in [2.75, 3.05) is 5.32 Å². The fourth-order valence-electron chi connectivity index (χ4n) is 1.79. The zero-order valence-corrected chi connectivity index (χ0v) is 14.2. The highest BCUT2D eigenvalue weighted by Crippen LogP contribution is 2.11. The molecule has 2 aromatic rings. The molecule has 0 unspecified atom stereocenters. The highest BCUT2D eigenvalue weighted by molar-refractivity contribution is 14.0. The van der Waals surface area contributed by atoms with Crippen LogP contribution in [0, 0.1) is 0 Å². The van der Waals surface area contributed by atoms with Gasteiger partial charge in [-0.05, 0) is 41.8 Å². The van der Waals surface area contributed by atoms with E-state index in [4.69, 9.17) is 5.73 Å². The molecular formula is C16H20IN3O. The lowest BCUT2D eigenvalue weighted by atomic mass is 10.1. The predicted octanol–water partition coefficient (Wildman–Crippen LogP) is 3.50. The Morgan fingerprint density at radius 3 is 2.19 bits per heavy atom. The van der Waals surface area contributed by atoms with Crippen molar-refractivity contribution in [2.45, 2.75) is 19.9 Å². The molecule has 4 N–H and O–H groups in total. The molecule has 0 aliphatic carbocycles. The molecule has 0 heterocycles. The van der Waals surface area contributed by atoms with Crippen LogP contribution in [0.15, 0.2) is 53.5 Å². The van der Waals surface area contributed by atoms with Gasteiger partial charge in [-0.1, -0.05) is 31.2 Å². The van der Waals surface area contributed by atoms with E-state index < -0.39 is 0 Å². The maximum atomic E-state index is 9.20. The molecule has 0 aliphatic rings. The largest absolute Gasteiger partial charge is 0.508 e. The first-order valence-corrected chi connectivity index (χ1v) is 6.61. The van der Waals surface area contributed by atoms with E-state index in [1.807, 2.05) is 24.3 Å². The Hall–Kier alpha value is -1.76. The molecule has 5 heteroatoms. The van der Waals surface area contributed by atoms with E-state index in [0.717, 1.165) is 17.7 Å². The Kier molecular flexibility index (Phi) is 7.01. The summed E-state index contributed by atoms with van der Waals surface area (Å²) in [4.78, 5) is 4.26. The summed E-state index contributed by atoms with van der Waals surface area (Å²) in [7, 11) is 0. The van der Waals surface area contributed by atoms with Crippen LogP contribution in [0.3, 0.4) is 0 Å². The number of hydrogen-bond donors (Lipinski definition) is 3. The number of nitrogens with two attached hydrogens (primary N) is 1. The average Bonchev–Trinajstić information content (AvgIpc) is 2.47. The second-order valence-corrected chi connectivity index (χ2v) is 4.54. The molecule has 0 bridgehead atoms. The van der Waals surface area contributed by atoms with Crippen molar-refractivity contribution in [3.05, 3.63) is 59.7 Å². The molecule has 0 aliphatic heterocycles. The van der Waals surface area contributed by atoms with Crippen LogP contribution in [0.2, 0.25) is 0 Å². The van der Waals surface area contributed by atoms with Crippen molar-refractivity contribution >= 4 is 35.6 Å². The van der Waals surface area contributed by atoms with Crippen molar-refractivity contribution < 1.29 is 5.11 Å². The summed E-state index contributed by atoms with van der Waals surface area (Å²) in [5.74, 6) is 0.627. The van der Waals surface area contributed by atoms with Gasteiger partial charge in [0.25, 0.3) is 0 Å². The third-order valence-corrected chi connectivity index (χ3v) is 3.00. The van der Waals surface area contributed by atoms with Crippen LogP contribution < -0.4 is 11.1 Å². The summed E-state index contributed by atoms with van der Waals surface area (Å²) in [6.45, 7) is 2.60. The van der Waals surface area contributed by atoms with Gasteiger partial charge in [-0.2, -0.15) is 0 Å². The molecule has 2 rings (SSSR count). The zero-order valence-electron chi connectivity index (χ0n) is 11.9. The molecule has 0 atom stereocenters. The Bertz CT molecular complexity index is 579. The van der Waals surface area contributed by atoms with Crippen LogP contribution in [-0.4, -0.2) is 11.1 Å². The number of rotatable bonds is 4. The number of nitrogens with one attached hydrogen (secondary N) is 1. The highest BCUT2D eigenvalue weighted by atomic mass is 127. The van der Waals surface area contributed by atoms with Gasteiger partial charge in [0.1, 0.15) is 5.75 Å². The second-order valence-electron chi connectivity index (χ2n) is 4.54. The lowest BCUT2D eigenvalue weighted by Gasteiger charge is -2.06. The first-order valence-electron chi connectivity index (χ1n) is 6.61. The van der Waals surface area contributed by atoms with Gasteiger partial charge in [0.2, 0.25) is 0 Å². The minimum atomic E-state index is 0. The summed E-state index contributed by atoms with van der Waals surface area (Å²) in [5, 5.41) is 12.3. The van der Waals surface area contributed by atoms with Gasteiger partial charge in [-0.3, -0.25) is 0 Å². The molecule has 0 saturated heterocycles.